The second-order valence-electron chi connectivity index (χ2n) is 9.53. The van der Waals surface area contributed by atoms with Gasteiger partial charge >= 0.3 is 0 Å². The van der Waals surface area contributed by atoms with Crippen molar-refractivity contribution in [3.05, 3.63) is 76.5 Å². The van der Waals surface area contributed by atoms with Gasteiger partial charge in [0.1, 0.15) is 11.6 Å². The lowest BCUT2D eigenvalue weighted by atomic mass is 9.48. The maximum absolute atomic E-state index is 15.5. The lowest BCUT2D eigenvalue weighted by Gasteiger charge is -2.70. The van der Waals surface area contributed by atoms with Crippen LogP contribution in [0.1, 0.15) is 61.5 Å². The SMILES string of the molecule is C/C=C/c1cc(F)c([C@H]2c3[nH]c4ccccc4c3C[C@@H](C)N2C23CC(C2)C3)c(F)c1. The predicted molar refractivity (Wildman–Crippen MR) is 116 cm³/mol. The van der Waals surface area contributed by atoms with Crippen LogP contribution >= 0.6 is 0 Å². The fourth-order valence-corrected chi connectivity index (χ4v) is 6.39. The van der Waals surface area contributed by atoms with E-state index in [-0.39, 0.29) is 17.1 Å². The Balaban J connectivity index is 1.59. The van der Waals surface area contributed by atoms with Gasteiger partial charge in [-0.25, -0.2) is 8.78 Å². The largest absolute Gasteiger partial charge is 0.357 e. The number of nitrogens with zero attached hydrogens (tertiary/aromatic N) is 1. The Morgan fingerprint density at radius 2 is 1.80 bits per heavy atom. The zero-order valence-corrected chi connectivity index (χ0v) is 17.4. The molecule has 1 N–H and O–H groups in total. The van der Waals surface area contributed by atoms with E-state index in [0.29, 0.717) is 5.56 Å². The quantitative estimate of drug-likeness (QED) is 0.538. The Morgan fingerprint density at radius 3 is 2.43 bits per heavy atom. The van der Waals surface area contributed by atoms with Crippen molar-refractivity contribution in [1.82, 2.24) is 9.88 Å². The summed E-state index contributed by atoms with van der Waals surface area (Å²) in [4.78, 5) is 6.00. The van der Waals surface area contributed by atoms with Crippen molar-refractivity contribution < 1.29 is 8.78 Å². The summed E-state index contributed by atoms with van der Waals surface area (Å²) in [6, 6.07) is 11.0. The first kappa shape index (κ1) is 18.3. The third kappa shape index (κ3) is 2.37. The molecule has 3 saturated carbocycles. The summed E-state index contributed by atoms with van der Waals surface area (Å²) in [7, 11) is 0. The van der Waals surface area contributed by atoms with E-state index in [9.17, 15) is 0 Å². The topological polar surface area (TPSA) is 19.0 Å². The third-order valence-corrected chi connectivity index (χ3v) is 7.66. The van der Waals surface area contributed by atoms with E-state index in [1.54, 1.807) is 12.2 Å². The summed E-state index contributed by atoms with van der Waals surface area (Å²) in [5.74, 6) is -0.111. The molecule has 2 aromatic carbocycles. The summed E-state index contributed by atoms with van der Waals surface area (Å²) in [5.41, 5.74) is 4.08. The van der Waals surface area contributed by atoms with Gasteiger partial charge in [-0.05, 0) is 74.8 Å². The minimum absolute atomic E-state index is 0.102. The molecule has 2 nitrogen and oxygen atoms in total. The zero-order valence-electron chi connectivity index (χ0n) is 17.4. The Kier molecular flexibility index (Phi) is 3.83. The fourth-order valence-electron chi connectivity index (χ4n) is 6.39. The van der Waals surface area contributed by atoms with Gasteiger partial charge in [0.25, 0.3) is 0 Å². The Hall–Kier alpha value is -2.46. The molecule has 7 rings (SSSR count). The molecule has 4 heteroatoms. The zero-order chi connectivity index (χ0) is 20.6. The molecule has 4 aliphatic rings. The van der Waals surface area contributed by atoms with E-state index < -0.39 is 17.7 Å². The molecule has 3 aliphatic carbocycles. The van der Waals surface area contributed by atoms with Crippen molar-refractivity contribution in [1.29, 1.82) is 0 Å². The number of hydrogen-bond donors (Lipinski definition) is 1. The van der Waals surface area contributed by atoms with Gasteiger partial charge < -0.3 is 4.98 Å². The van der Waals surface area contributed by atoms with Crippen molar-refractivity contribution in [2.45, 2.75) is 57.2 Å². The van der Waals surface area contributed by atoms with Crippen LogP contribution < -0.4 is 0 Å². The number of halogens is 2. The molecule has 0 spiro atoms. The molecule has 154 valence electrons. The van der Waals surface area contributed by atoms with Crippen molar-refractivity contribution >= 4 is 17.0 Å². The lowest BCUT2D eigenvalue weighted by Crippen LogP contribution is -2.71. The first-order valence-electron chi connectivity index (χ1n) is 11.0. The number of benzene rings is 2. The monoisotopic (exact) mass is 404 g/mol. The van der Waals surface area contributed by atoms with E-state index in [1.165, 1.54) is 23.1 Å². The van der Waals surface area contributed by atoms with Crippen LogP contribution in [0.4, 0.5) is 8.78 Å². The number of fused-ring (bicyclic) bond motifs is 3. The van der Waals surface area contributed by atoms with Crippen molar-refractivity contribution in [2.24, 2.45) is 5.92 Å². The number of nitrogens with one attached hydrogen (secondary N) is 1. The number of para-hydroxylation sites is 1. The van der Waals surface area contributed by atoms with Crippen LogP contribution in [0.5, 0.6) is 0 Å². The maximum Gasteiger partial charge on any atom is 0.131 e. The minimum Gasteiger partial charge on any atom is -0.357 e. The average molecular weight is 405 g/mol. The van der Waals surface area contributed by atoms with Crippen LogP contribution in [-0.2, 0) is 6.42 Å². The summed E-state index contributed by atoms with van der Waals surface area (Å²) in [5, 5.41) is 1.17. The van der Waals surface area contributed by atoms with E-state index in [2.05, 4.69) is 28.9 Å². The summed E-state index contributed by atoms with van der Waals surface area (Å²) in [6.45, 7) is 4.08. The molecule has 3 fully saturated rings. The van der Waals surface area contributed by atoms with E-state index in [4.69, 9.17) is 0 Å². The highest BCUT2D eigenvalue weighted by molar-refractivity contribution is 5.85. The van der Waals surface area contributed by atoms with Crippen LogP contribution in [0.15, 0.2) is 42.5 Å². The number of aromatic amines is 1. The van der Waals surface area contributed by atoms with Gasteiger partial charge in [0, 0.05) is 33.7 Å². The molecule has 2 heterocycles. The number of allylic oxidation sites excluding steroid dienone is 1. The van der Waals surface area contributed by atoms with Gasteiger partial charge in [-0.1, -0.05) is 30.4 Å². The standard InChI is InChI=1S/C26H26F2N2/c1-3-6-16-10-20(27)23(21(28)11-16)25-24-19(18-7-4-5-8-22(18)29-24)9-15(2)30(25)26-12-17(13-26)14-26/h3-8,10-11,15,17,25,29H,9,12-14H2,1-2H3/b6-3+/t15-,17?,25+,26?/m1/s1. The van der Waals surface area contributed by atoms with E-state index in [1.807, 2.05) is 19.1 Å². The molecule has 0 amide bonds. The van der Waals surface area contributed by atoms with Crippen LogP contribution in [0.3, 0.4) is 0 Å². The number of aromatic nitrogens is 1. The van der Waals surface area contributed by atoms with Gasteiger partial charge in [0.2, 0.25) is 0 Å². The second-order valence-corrected chi connectivity index (χ2v) is 9.53. The maximum atomic E-state index is 15.5. The number of hydrogen-bond acceptors (Lipinski definition) is 1. The van der Waals surface area contributed by atoms with Crippen LogP contribution in [-0.4, -0.2) is 21.5 Å². The van der Waals surface area contributed by atoms with Gasteiger partial charge in [-0.15, -0.1) is 0 Å². The smallest absolute Gasteiger partial charge is 0.131 e. The van der Waals surface area contributed by atoms with Crippen molar-refractivity contribution in [3.8, 4) is 0 Å². The molecule has 0 radical (unpaired) electrons. The molecule has 1 aromatic heterocycles. The predicted octanol–water partition coefficient (Wildman–Crippen LogP) is 6.37. The molecule has 0 saturated heterocycles. The molecule has 1 aliphatic heterocycles. The first-order valence-corrected chi connectivity index (χ1v) is 11.0. The highest BCUT2D eigenvalue weighted by Gasteiger charge is 2.63. The molecule has 2 bridgehead atoms. The molecule has 2 atom stereocenters. The summed E-state index contributed by atoms with van der Waals surface area (Å²) < 4.78 is 31.0. The molecule has 0 unspecified atom stereocenters. The Morgan fingerprint density at radius 1 is 1.10 bits per heavy atom. The number of rotatable bonds is 3. The fraction of sp³-hybridized carbons (Fsp3) is 0.385. The first-order chi connectivity index (χ1) is 14.5. The highest BCUT2D eigenvalue weighted by atomic mass is 19.1. The van der Waals surface area contributed by atoms with Crippen LogP contribution in [0, 0.1) is 17.6 Å². The summed E-state index contributed by atoms with van der Waals surface area (Å²) >= 11 is 0. The van der Waals surface area contributed by atoms with Gasteiger partial charge in [-0.3, -0.25) is 4.90 Å². The van der Waals surface area contributed by atoms with Crippen molar-refractivity contribution in [3.63, 3.8) is 0 Å². The lowest BCUT2D eigenvalue weighted by molar-refractivity contribution is -0.174. The number of H-pyrrole nitrogens is 1. The molecule has 3 aromatic rings. The van der Waals surface area contributed by atoms with Gasteiger partial charge in [0.05, 0.1) is 6.04 Å². The summed E-state index contributed by atoms with van der Waals surface area (Å²) in [6.07, 6.45) is 7.92. The second kappa shape index (κ2) is 6.27. The highest BCUT2D eigenvalue weighted by Crippen LogP contribution is 2.64. The van der Waals surface area contributed by atoms with Gasteiger partial charge in [-0.2, -0.15) is 0 Å². The molecule has 30 heavy (non-hydrogen) atoms. The van der Waals surface area contributed by atoms with Crippen LogP contribution in [0.25, 0.3) is 17.0 Å². The van der Waals surface area contributed by atoms with E-state index >= 15 is 8.78 Å². The third-order valence-electron chi connectivity index (χ3n) is 7.66. The van der Waals surface area contributed by atoms with Crippen LogP contribution in [0.2, 0.25) is 0 Å². The molecular formula is C26H26F2N2. The minimum atomic E-state index is -0.455. The average Bonchev–Trinajstić information content (AvgIpc) is 2.99. The van der Waals surface area contributed by atoms with Gasteiger partial charge in [0.15, 0.2) is 0 Å². The van der Waals surface area contributed by atoms with E-state index in [0.717, 1.165) is 42.8 Å². The Bertz CT molecular complexity index is 1150. The van der Waals surface area contributed by atoms with Crippen molar-refractivity contribution in [2.75, 3.05) is 0 Å². The Labute approximate surface area is 175 Å². The molecular weight excluding hydrogens is 378 g/mol. The normalized spacial score (nSPS) is 30.3.